The third-order valence-electron chi connectivity index (χ3n) is 3.40. The summed E-state index contributed by atoms with van der Waals surface area (Å²) in [5, 5.41) is 8.16. The molecule has 1 aliphatic heterocycles. The molecule has 3 amide bonds. The second-order valence-corrected chi connectivity index (χ2v) is 4.75. The molecule has 0 aliphatic carbocycles. The van der Waals surface area contributed by atoms with Crippen LogP contribution in [0, 0.1) is 5.53 Å². The van der Waals surface area contributed by atoms with Crippen LogP contribution in [0.4, 0.5) is 5.69 Å². The van der Waals surface area contributed by atoms with E-state index >= 15 is 0 Å². The Bertz CT molecular complexity index is 612. The molecule has 1 aliphatic rings. The Morgan fingerprint density at radius 3 is 2.86 bits per heavy atom. The van der Waals surface area contributed by atoms with Crippen LogP contribution < -0.4 is 10.6 Å². The SMILES string of the molecule is CCc1cccc(N=N)c1C(=O)NC1CCC(=O)NC1=O. The predicted octanol–water partition coefficient (Wildman–Crippen LogP) is 1.45. The summed E-state index contributed by atoms with van der Waals surface area (Å²) < 4.78 is 0. The summed E-state index contributed by atoms with van der Waals surface area (Å²) in [5.41, 5.74) is 8.48. The molecule has 1 heterocycles. The summed E-state index contributed by atoms with van der Waals surface area (Å²) in [6, 6.07) is 4.35. The molecular formula is C14H16N4O3. The number of hydrogen-bond acceptors (Lipinski definition) is 5. The molecule has 0 radical (unpaired) electrons. The van der Waals surface area contributed by atoms with Gasteiger partial charge in [-0.05, 0) is 24.5 Å². The zero-order chi connectivity index (χ0) is 15.4. The van der Waals surface area contributed by atoms with Gasteiger partial charge >= 0.3 is 0 Å². The molecule has 7 heteroatoms. The van der Waals surface area contributed by atoms with Crippen molar-refractivity contribution in [3.63, 3.8) is 0 Å². The topological polar surface area (TPSA) is 111 Å². The number of amides is 3. The molecule has 1 atom stereocenters. The number of hydrogen-bond donors (Lipinski definition) is 3. The van der Waals surface area contributed by atoms with Crippen LogP contribution in [0.1, 0.15) is 35.7 Å². The van der Waals surface area contributed by atoms with E-state index < -0.39 is 17.9 Å². The Balaban J connectivity index is 2.22. The Labute approximate surface area is 121 Å². The molecule has 1 saturated heterocycles. The lowest BCUT2D eigenvalue weighted by Crippen LogP contribution is -2.52. The summed E-state index contributed by atoms with van der Waals surface area (Å²) in [6.07, 6.45) is 1.08. The zero-order valence-corrected chi connectivity index (χ0v) is 11.6. The maximum absolute atomic E-state index is 12.4. The number of imide groups is 1. The Morgan fingerprint density at radius 2 is 2.24 bits per heavy atom. The molecule has 0 spiro atoms. The predicted molar refractivity (Wildman–Crippen MR) is 74.3 cm³/mol. The highest BCUT2D eigenvalue weighted by Gasteiger charge is 2.29. The highest BCUT2D eigenvalue weighted by Crippen LogP contribution is 2.23. The van der Waals surface area contributed by atoms with E-state index in [0.29, 0.717) is 12.0 Å². The Hall–Kier alpha value is -2.57. The highest BCUT2D eigenvalue weighted by atomic mass is 16.2. The highest BCUT2D eigenvalue weighted by molar-refractivity contribution is 6.05. The smallest absolute Gasteiger partial charge is 0.254 e. The van der Waals surface area contributed by atoms with Crippen molar-refractivity contribution in [2.24, 2.45) is 5.11 Å². The second-order valence-electron chi connectivity index (χ2n) is 4.75. The van der Waals surface area contributed by atoms with Gasteiger partial charge in [-0.2, -0.15) is 5.11 Å². The van der Waals surface area contributed by atoms with Crippen molar-refractivity contribution in [1.29, 1.82) is 5.53 Å². The molecule has 0 aromatic heterocycles. The molecule has 0 bridgehead atoms. The normalized spacial score (nSPS) is 18.0. The molecule has 2 rings (SSSR count). The summed E-state index contributed by atoms with van der Waals surface area (Å²) >= 11 is 0. The van der Waals surface area contributed by atoms with Crippen molar-refractivity contribution in [2.45, 2.75) is 32.2 Å². The van der Waals surface area contributed by atoms with Gasteiger partial charge in [0.1, 0.15) is 6.04 Å². The van der Waals surface area contributed by atoms with Crippen LogP contribution in [0.25, 0.3) is 0 Å². The van der Waals surface area contributed by atoms with Gasteiger partial charge in [0.2, 0.25) is 11.8 Å². The van der Waals surface area contributed by atoms with Gasteiger partial charge in [0.25, 0.3) is 5.91 Å². The summed E-state index contributed by atoms with van der Waals surface area (Å²) in [4.78, 5) is 35.1. The first-order chi connectivity index (χ1) is 10.1. The lowest BCUT2D eigenvalue weighted by molar-refractivity contribution is -0.134. The van der Waals surface area contributed by atoms with Crippen molar-refractivity contribution >= 4 is 23.4 Å². The van der Waals surface area contributed by atoms with Gasteiger partial charge in [-0.25, -0.2) is 5.53 Å². The van der Waals surface area contributed by atoms with Gasteiger partial charge in [0.15, 0.2) is 0 Å². The number of benzene rings is 1. The van der Waals surface area contributed by atoms with E-state index in [-0.39, 0.29) is 24.4 Å². The average molecular weight is 288 g/mol. The number of aryl methyl sites for hydroxylation is 1. The summed E-state index contributed by atoms with van der Waals surface area (Å²) in [5.74, 6) is -1.29. The van der Waals surface area contributed by atoms with Crippen molar-refractivity contribution in [3.8, 4) is 0 Å². The largest absolute Gasteiger partial charge is 0.340 e. The number of nitrogens with one attached hydrogen (secondary N) is 3. The van der Waals surface area contributed by atoms with E-state index in [1.165, 1.54) is 0 Å². The monoisotopic (exact) mass is 288 g/mol. The van der Waals surface area contributed by atoms with Crippen LogP contribution in [0.3, 0.4) is 0 Å². The number of carbonyl (C=O) groups is 3. The first-order valence-corrected chi connectivity index (χ1v) is 6.70. The molecule has 110 valence electrons. The standard InChI is InChI=1S/C14H16N4O3/c1-2-8-4-3-5-9(18-15)12(8)14(21)16-10-6-7-11(19)17-13(10)20/h3-5,10,15H,2,6-7H2,1H3,(H,16,21)(H,17,19,20). The maximum Gasteiger partial charge on any atom is 0.254 e. The Kier molecular flexibility index (Phi) is 4.42. The van der Waals surface area contributed by atoms with Gasteiger partial charge in [-0.3, -0.25) is 19.7 Å². The summed E-state index contributed by atoms with van der Waals surface area (Å²) in [7, 11) is 0. The fourth-order valence-electron chi connectivity index (χ4n) is 2.30. The van der Waals surface area contributed by atoms with Crippen molar-refractivity contribution in [1.82, 2.24) is 10.6 Å². The molecule has 1 fully saturated rings. The molecule has 3 N–H and O–H groups in total. The molecule has 0 saturated carbocycles. The van der Waals surface area contributed by atoms with E-state index in [2.05, 4.69) is 15.7 Å². The van der Waals surface area contributed by atoms with E-state index in [4.69, 9.17) is 5.53 Å². The molecule has 1 aromatic rings. The minimum absolute atomic E-state index is 0.196. The molecular weight excluding hydrogens is 272 g/mol. The first-order valence-electron chi connectivity index (χ1n) is 6.70. The fourth-order valence-corrected chi connectivity index (χ4v) is 2.30. The number of piperidine rings is 1. The fraction of sp³-hybridized carbons (Fsp3) is 0.357. The van der Waals surface area contributed by atoms with Crippen LogP contribution in [-0.4, -0.2) is 23.8 Å². The third kappa shape index (κ3) is 3.13. The molecule has 1 unspecified atom stereocenters. The van der Waals surface area contributed by atoms with Gasteiger partial charge in [-0.1, -0.05) is 19.1 Å². The Morgan fingerprint density at radius 1 is 1.48 bits per heavy atom. The minimum Gasteiger partial charge on any atom is -0.340 e. The molecule has 7 nitrogen and oxygen atoms in total. The van der Waals surface area contributed by atoms with Crippen LogP contribution in [0.2, 0.25) is 0 Å². The quantitative estimate of drug-likeness (QED) is 0.575. The van der Waals surface area contributed by atoms with Gasteiger partial charge in [-0.15, -0.1) is 0 Å². The number of carbonyl (C=O) groups excluding carboxylic acids is 3. The third-order valence-corrected chi connectivity index (χ3v) is 3.40. The van der Waals surface area contributed by atoms with Crippen molar-refractivity contribution < 1.29 is 14.4 Å². The van der Waals surface area contributed by atoms with Crippen LogP contribution in [-0.2, 0) is 16.0 Å². The first kappa shape index (κ1) is 14.8. The van der Waals surface area contributed by atoms with Gasteiger partial charge in [0.05, 0.1) is 11.3 Å². The summed E-state index contributed by atoms with van der Waals surface area (Å²) in [6.45, 7) is 1.89. The molecule has 1 aromatic carbocycles. The van der Waals surface area contributed by atoms with Crippen LogP contribution in [0.5, 0.6) is 0 Å². The number of nitrogens with zero attached hydrogens (tertiary/aromatic N) is 1. The van der Waals surface area contributed by atoms with Gasteiger partial charge in [0, 0.05) is 6.42 Å². The lowest BCUT2D eigenvalue weighted by atomic mass is 10.0. The van der Waals surface area contributed by atoms with Crippen molar-refractivity contribution in [2.75, 3.05) is 0 Å². The van der Waals surface area contributed by atoms with E-state index in [1.54, 1.807) is 18.2 Å². The van der Waals surface area contributed by atoms with E-state index in [1.807, 2.05) is 6.92 Å². The lowest BCUT2D eigenvalue weighted by Gasteiger charge is -2.22. The number of rotatable bonds is 4. The van der Waals surface area contributed by atoms with Crippen molar-refractivity contribution in [3.05, 3.63) is 29.3 Å². The van der Waals surface area contributed by atoms with Crippen LogP contribution >= 0.6 is 0 Å². The second kappa shape index (κ2) is 6.25. The maximum atomic E-state index is 12.4. The molecule has 21 heavy (non-hydrogen) atoms. The van der Waals surface area contributed by atoms with E-state index in [9.17, 15) is 14.4 Å². The van der Waals surface area contributed by atoms with E-state index in [0.717, 1.165) is 5.56 Å². The van der Waals surface area contributed by atoms with Gasteiger partial charge < -0.3 is 5.32 Å². The zero-order valence-electron chi connectivity index (χ0n) is 11.6. The minimum atomic E-state index is -0.737. The average Bonchev–Trinajstić information content (AvgIpc) is 2.49. The van der Waals surface area contributed by atoms with Crippen LogP contribution in [0.15, 0.2) is 23.3 Å².